The molecule has 1 aliphatic carbocycles. The summed E-state index contributed by atoms with van der Waals surface area (Å²) in [5, 5.41) is 8.41. The fourth-order valence-corrected chi connectivity index (χ4v) is 3.13. The van der Waals surface area contributed by atoms with Gasteiger partial charge in [0.05, 0.1) is 12.2 Å². The Morgan fingerprint density at radius 3 is 2.11 bits per heavy atom. The summed E-state index contributed by atoms with van der Waals surface area (Å²) in [4.78, 5) is 0. The molecule has 0 spiro atoms. The predicted molar refractivity (Wildman–Crippen MR) is 77.3 cm³/mol. The zero-order chi connectivity index (χ0) is 12.7. The smallest absolute Gasteiger partial charge is 0.130 e. The molecule has 0 unspecified atom stereocenters. The number of aromatic nitrogens is 2. The molecule has 0 fully saturated rings. The molecule has 1 N–H and O–H groups in total. The molecule has 1 aliphatic rings. The molecule has 92 valence electrons. The molecule has 0 bridgehead atoms. The Morgan fingerprint density at radius 2 is 1.53 bits per heavy atom. The van der Waals surface area contributed by atoms with Crippen molar-refractivity contribution in [3.63, 3.8) is 0 Å². The molecular formula is C15H11N3S. The van der Waals surface area contributed by atoms with Crippen molar-refractivity contribution >= 4 is 16.5 Å². The lowest BCUT2D eigenvalue weighted by Crippen LogP contribution is -2.08. The highest BCUT2D eigenvalue weighted by Gasteiger charge is 2.28. The minimum Gasteiger partial charge on any atom is -0.363 e. The van der Waals surface area contributed by atoms with Gasteiger partial charge in [-0.25, -0.2) is 0 Å². The SMILES string of the molecule is c1ccc2c(c1)-c1ccccc1C2Nc1cnns1. The third-order valence-electron chi connectivity index (χ3n) is 3.48. The Labute approximate surface area is 115 Å². The van der Waals surface area contributed by atoms with Crippen molar-refractivity contribution in [2.24, 2.45) is 0 Å². The van der Waals surface area contributed by atoms with Crippen LogP contribution in [0.5, 0.6) is 0 Å². The second-order valence-electron chi connectivity index (χ2n) is 4.53. The summed E-state index contributed by atoms with van der Waals surface area (Å²) < 4.78 is 3.91. The van der Waals surface area contributed by atoms with Crippen LogP contribution in [-0.2, 0) is 0 Å². The second kappa shape index (κ2) is 4.17. The van der Waals surface area contributed by atoms with E-state index >= 15 is 0 Å². The lowest BCUT2D eigenvalue weighted by Gasteiger charge is -2.14. The van der Waals surface area contributed by atoms with Gasteiger partial charge >= 0.3 is 0 Å². The van der Waals surface area contributed by atoms with Crippen molar-refractivity contribution < 1.29 is 0 Å². The van der Waals surface area contributed by atoms with E-state index in [9.17, 15) is 0 Å². The lowest BCUT2D eigenvalue weighted by molar-refractivity contribution is 0.978. The highest BCUT2D eigenvalue weighted by Crippen LogP contribution is 2.44. The molecule has 19 heavy (non-hydrogen) atoms. The number of nitrogens with one attached hydrogen (secondary N) is 1. The first kappa shape index (κ1) is 10.7. The molecule has 0 aliphatic heterocycles. The van der Waals surface area contributed by atoms with Crippen LogP contribution in [-0.4, -0.2) is 9.59 Å². The average molecular weight is 265 g/mol. The fourth-order valence-electron chi connectivity index (χ4n) is 2.68. The van der Waals surface area contributed by atoms with E-state index in [0.717, 1.165) is 5.00 Å². The standard InChI is InChI=1S/C15H11N3S/c1-3-7-12-10(5-1)11-6-2-4-8-13(11)15(12)17-14-9-16-18-19-14/h1-9,15,17H. The third-order valence-corrected chi connectivity index (χ3v) is 4.08. The number of hydrogen-bond donors (Lipinski definition) is 1. The molecule has 3 aromatic rings. The van der Waals surface area contributed by atoms with Crippen molar-refractivity contribution in [2.75, 3.05) is 5.32 Å². The Morgan fingerprint density at radius 1 is 0.895 bits per heavy atom. The van der Waals surface area contributed by atoms with Crippen LogP contribution in [0.2, 0.25) is 0 Å². The summed E-state index contributed by atoms with van der Waals surface area (Å²) in [5.74, 6) is 0. The van der Waals surface area contributed by atoms with Crippen LogP contribution in [0.25, 0.3) is 11.1 Å². The maximum atomic E-state index is 3.91. The van der Waals surface area contributed by atoms with Gasteiger partial charge in [-0.2, -0.15) is 0 Å². The first-order valence-electron chi connectivity index (χ1n) is 6.15. The molecule has 4 heteroatoms. The molecule has 0 radical (unpaired) electrons. The molecule has 2 aromatic carbocycles. The summed E-state index contributed by atoms with van der Waals surface area (Å²) in [6.45, 7) is 0. The summed E-state index contributed by atoms with van der Waals surface area (Å²) in [7, 11) is 0. The van der Waals surface area contributed by atoms with Gasteiger partial charge in [0.25, 0.3) is 0 Å². The Kier molecular flexibility index (Phi) is 2.35. The normalized spacial score (nSPS) is 13.1. The molecule has 3 nitrogen and oxygen atoms in total. The van der Waals surface area contributed by atoms with Gasteiger partial charge < -0.3 is 5.32 Å². The third kappa shape index (κ3) is 1.64. The van der Waals surface area contributed by atoms with Gasteiger partial charge in [0.15, 0.2) is 0 Å². The monoisotopic (exact) mass is 265 g/mol. The van der Waals surface area contributed by atoms with Crippen molar-refractivity contribution in [1.82, 2.24) is 9.59 Å². The summed E-state index contributed by atoms with van der Waals surface area (Å²) >= 11 is 1.39. The van der Waals surface area contributed by atoms with E-state index in [0.29, 0.717) is 0 Å². The number of anilines is 1. The second-order valence-corrected chi connectivity index (χ2v) is 5.32. The molecule has 0 atom stereocenters. The van der Waals surface area contributed by atoms with Gasteiger partial charge in [0, 0.05) is 11.5 Å². The van der Waals surface area contributed by atoms with Crippen LogP contribution in [0.4, 0.5) is 5.00 Å². The number of rotatable bonds is 2. The lowest BCUT2D eigenvalue weighted by atomic mass is 10.1. The van der Waals surface area contributed by atoms with Gasteiger partial charge in [0.2, 0.25) is 0 Å². The Hall–Kier alpha value is -2.20. The minimum atomic E-state index is 0.189. The zero-order valence-corrected chi connectivity index (χ0v) is 10.9. The average Bonchev–Trinajstić information content (AvgIpc) is 3.08. The molecule has 1 heterocycles. The van der Waals surface area contributed by atoms with Gasteiger partial charge in [0.1, 0.15) is 5.00 Å². The van der Waals surface area contributed by atoms with Crippen LogP contribution < -0.4 is 5.32 Å². The largest absolute Gasteiger partial charge is 0.363 e. The maximum absolute atomic E-state index is 3.91. The van der Waals surface area contributed by atoms with Crippen LogP contribution in [0.1, 0.15) is 17.2 Å². The van der Waals surface area contributed by atoms with E-state index in [4.69, 9.17) is 0 Å². The molecule has 0 amide bonds. The van der Waals surface area contributed by atoms with Gasteiger partial charge in [-0.3, -0.25) is 0 Å². The summed E-state index contributed by atoms with van der Waals surface area (Å²) in [5.41, 5.74) is 5.26. The van der Waals surface area contributed by atoms with E-state index in [2.05, 4.69) is 63.4 Å². The number of nitrogens with zero attached hydrogens (tertiary/aromatic N) is 2. The van der Waals surface area contributed by atoms with Gasteiger partial charge in [-0.05, 0) is 22.3 Å². The van der Waals surface area contributed by atoms with E-state index in [-0.39, 0.29) is 6.04 Å². The van der Waals surface area contributed by atoms with Crippen molar-refractivity contribution in [1.29, 1.82) is 0 Å². The molecular weight excluding hydrogens is 254 g/mol. The van der Waals surface area contributed by atoms with E-state index in [1.54, 1.807) is 6.20 Å². The number of fused-ring (bicyclic) bond motifs is 3. The fraction of sp³-hybridized carbons (Fsp3) is 0.0667. The molecule has 0 saturated heterocycles. The first-order valence-corrected chi connectivity index (χ1v) is 6.93. The molecule has 4 rings (SSSR count). The summed E-state index contributed by atoms with van der Waals surface area (Å²) in [6, 6.07) is 17.3. The topological polar surface area (TPSA) is 37.8 Å². The summed E-state index contributed by atoms with van der Waals surface area (Å²) in [6.07, 6.45) is 1.77. The first-order chi connectivity index (χ1) is 9.43. The minimum absolute atomic E-state index is 0.189. The van der Waals surface area contributed by atoms with E-state index in [1.807, 2.05) is 0 Å². The Balaban J connectivity index is 1.86. The highest BCUT2D eigenvalue weighted by molar-refractivity contribution is 7.09. The molecule has 0 saturated carbocycles. The van der Waals surface area contributed by atoms with Crippen LogP contribution in [0.3, 0.4) is 0 Å². The van der Waals surface area contributed by atoms with Crippen LogP contribution in [0.15, 0.2) is 54.7 Å². The maximum Gasteiger partial charge on any atom is 0.130 e. The van der Waals surface area contributed by atoms with E-state index in [1.165, 1.54) is 33.8 Å². The van der Waals surface area contributed by atoms with Crippen molar-refractivity contribution in [3.8, 4) is 11.1 Å². The van der Waals surface area contributed by atoms with E-state index < -0.39 is 0 Å². The quantitative estimate of drug-likeness (QED) is 0.767. The zero-order valence-electron chi connectivity index (χ0n) is 10.1. The van der Waals surface area contributed by atoms with Gasteiger partial charge in [-0.1, -0.05) is 53.0 Å². The van der Waals surface area contributed by atoms with Crippen molar-refractivity contribution in [3.05, 3.63) is 65.9 Å². The van der Waals surface area contributed by atoms with Gasteiger partial charge in [-0.15, -0.1) is 5.10 Å². The number of hydrogen-bond acceptors (Lipinski definition) is 4. The number of benzene rings is 2. The van der Waals surface area contributed by atoms with Crippen LogP contribution >= 0.6 is 11.5 Å². The Bertz CT molecular complexity index is 676. The predicted octanol–water partition coefficient (Wildman–Crippen LogP) is 3.72. The van der Waals surface area contributed by atoms with Crippen molar-refractivity contribution in [2.45, 2.75) is 6.04 Å². The molecule has 1 aromatic heterocycles. The highest BCUT2D eigenvalue weighted by atomic mass is 32.1. The van der Waals surface area contributed by atoms with Crippen LogP contribution in [0, 0.1) is 0 Å².